The Balaban J connectivity index is 0.00000200. The standard InChI is InChI=1S/C13H14N2O2S2.ClH/c1-18-10-4-2-9(3-5-10)8-11-12(16)15(7-6-14)13(17)19-11;/h2-5,8H,6-7,14H2,1H3;1H/b11-8+;. The molecule has 1 saturated heterocycles. The highest BCUT2D eigenvalue weighted by molar-refractivity contribution is 8.18. The number of halogens is 1. The quantitative estimate of drug-likeness (QED) is 0.679. The first-order valence-electron chi connectivity index (χ1n) is 5.75. The fourth-order valence-electron chi connectivity index (χ4n) is 1.67. The molecule has 0 bridgehead atoms. The molecule has 0 radical (unpaired) electrons. The summed E-state index contributed by atoms with van der Waals surface area (Å²) >= 11 is 2.62. The number of hydrogen-bond acceptors (Lipinski definition) is 5. The molecule has 1 aromatic rings. The summed E-state index contributed by atoms with van der Waals surface area (Å²) in [6, 6.07) is 7.84. The number of thioether (sulfide) groups is 2. The van der Waals surface area contributed by atoms with Crippen molar-refractivity contribution in [3.63, 3.8) is 0 Å². The van der Waals surface area contributed by atoms with Gasteiger partial charge in [-0.1, -0.05) is 12.1 Å². The molecule has 1 heterocycles. The molecule has 1 aromatic carbocycles. The molecule has 0 aromatic heterocycles. The van der Waals surface area contributed by atoms with Crippen LogP contribution in [0.25, 0.3) is 6.08 Å². The number of nitrogens with two attached hydrogens (primary N) is 1. The molecule has 0 aliphatic carbocycles. The third-order valence-corrected chi connectivity index (χ3v) is 4.29. The lowest BCUT2D eigenvalue weighted by Crippen LogP contribution is -2.33. The monoisotopic (exact) mass is 330 g/mol. The number of carbonyl (C=O) groups excluding carboxylic acids is 2. The largest absolute Gasteiger partial charge is 0.329 e. The molecule has 20 heavy (non-hydrogen) atoms. The lowest BCUT2D eigenvalue weighted by Gasteiger charge is -2.09. The van der Waals surface area contributed by atoms with Crippen LogP contribution in [0.3, 0.4) is 0 Å². The van der Waals surface area contributed by atoms with Crippen molar-refractivity contribution in [2.45, 2.75) is 4.90 Å². The van der Waals surface area contributed by atoms with Crippen LogP contribution in [0.5, 0.6) is 0 Å². The van der Waals surface area contributed by atoms with Gasteiger partial charge in [0.25, 0.3) is 11.1 Å². The number of nitrogens with zero attached hydrogens (tertiary/aromatic N) is 1. The van der Waals surface area contributed by atoms with E-state index in [0.29, 0.717) is 4.91 Å². The molecular formula is C13H15ClN2O2S2. The van der Waals surface area contributed by atoms with E-state index in [1.165, 1.54) is 4.90 Å². The first kappa shape index (κ1) is 17.1. The highest BCUT2D eigenvalue weighted by Crippen LogP contribution is 2.32. The smallest absolute Gasteiger partial charge is 0.293 e. The molecule has 0 spiro atoms. The maximum absolute atomic E-state index is 12.0. The molecule has 2 N–H and O–H groups in total. The average Bonchev–Trinajstić information content (AvgIpc) is 2.68. The van der Waals surface area contributed by atoms with Crippen LogP contribution in [0.15, 0.2) is 34.1 Å². The average molecular weight is 331 g/mol. The Labute approximate surface area is 132 Å². The van der Waals surface area contributed by atoms with Crippen LogP contribution in [-0.4, -0.2) is 35.4 Å². The topological polar surface area (TPSA) is 63.4 Å². The summed E-state index contributed by atoms with van der Waals surface area (Å²) in [6.45, 7) is 0.557. The van der Waals surface area contributed by atoms with Crippen molar-refractivity contribution < 1.29 is 9.59 Å². The zero-order valence-corrected chi connectivity index (χ0v) is 13.3. The number of imide groups is 1. The molecule has 1 fully saturated rings. The molecule has 0 saturated carbocycles. The van der Waals surface area contributed by atoms with Gasteiger partial charge in [0.1, 0.15) is 0 Å². The number of hydrogen-bond donors (Lipinski definition) is 1. The predicted octanol–water partition coefficient (Wildman–Crippen LogP) is 2.83. The Morgan fingerprint density at radius 1 is 1.30 bits per heavy atom. The van der Waals surface area contributed by atoms with Gasteiger partial charge in [0.2, 0.25) is 0 Å². The van der Waals surface area contributed by atoms with Gasteiger partial charge in [0.15, 0.2) is 0 Å². The van der Waals surface area contributed by atoms with Gasteiger partial charge < -0.3 is 5.73 Å². The minimum Gasteiger partial charge on any atom is -0.329 e. The second-order valence-electron chi connectivity index (χ2n) is 3.90. The molecule has 108 valence electrons. The summed E-state index contributed by atoms with van der Waals surface area (Å²) in [5.74, 6) is -0.255. The van der Waals surface area contributed by atoms with Crippen LogP contribution in [0, 0.1) is 0 Å². The first-order chi connectivity index (χ1) is 9.15. The molecule has 0 unspecified atom stereocenters. The zero-order chi connectivity index (χ0) is 13.8. The summed E-state index contributed by atoms with van der Waals surface area (Å²) in [5, 5.41) is -0.248. The Kier molecular flexibility index (Phi) is 6.61. The van der Waals surface area contributed by atoms with Crippen LogP contribution in [-0.2, 0) is 4.79 Å². The summed E-state index contributed by atoms with van der Waals surface area (Å²) in [5.41, 5.74) is 6.30. The summed E-state index contributed by atoms with van der Waals surface area (Å²) in [4.78, 5) is 26.4. The third kappa shape index (κ3) is 3.79. The van der Waals surface area contributed by atoms with Crippen molar-refractivity contribution in [1.82, 2.24) is 4.90 Å². The number of carbonyl (C=O) groups is 2. The van der Waals surface area contributed by atoms with E-state index in [9.17, 15) is 9.59 Å². The highest BCUT2D eigenvalue weighted by atomic mass is 35.5. The summed E-state index contributed by atoms with van der Waals surface area (Å²) in [7, 11) is 0. The van der Waals surface area contributed by atoms with Gasteiger partial charge in [-0.3, -0.25) is 14.5 Å². The normalized spacial score (nSPS) is 16.7. The van der Waals surface area contributed by atoms with E-state index in [2.05, 4.69) is 0 Å². The Bertz CT molecular complexity index is 532. The van der Waals surface area contributed by atoms with Crippen molar-refractivity contribution in [3.05, 3.63) is 34.7 Å². The van der Waals surface area contributed by atoms with E-state index in [0.717, 1.165) is 22.2 Å². The van der Waals surface area contributed by atoms with Crippen molar-refractivity contribution >= 4 is 53.2 Å². The van der Waals surface area contributed by atoms with Crippen molar-refractivity contribution in [2.24, 2.45) is 5.73 Å². The van der Waals surface area contributed by atoms with Gasteiger partial charge in [0.05, 0.1) is 4.91 Å². The van der Waals surface area contributed by atoms with Gasteiger partial charge in [-0.2, -0.15) is 0 Å². The van der Waals surface area contributed by atoms with E-state index in [-0.39, 0.29) is 36.6 Å². The van der Waals surface area contributed by atoms with Gasteiger partial charge in [-0.05, 0) is 41.8 Å². The molecule has 7 heteroatoms. The molecule has 0 atom stereocenters. The lowest BCUT2D eigenvalue weighted by atomic mass is 10.2. The Morgan fingerprint density at radius 2 is 1.95 bits per heavy atom. The zero-order valence-electron chi connectivity index (χ0n) is 10.9. The van der Waals surface area contributed by atoms with Gasteiger partial charge in [-0.25, -0.2) is 0 Å². The van der Waals surface area contributed by atoms with Crippen molar-refractivity contribution in [2.75, 3.05) is 19.3 Å². The molecule has 1 aliphatic heterocycles. The minimum atomic E-state index is -0.255. The third-order valence-electron chi connectivity index (χ3n) is 2.64. The maximum Gasteiger partial charge on any atom is 0.293 e. The Hall–Kier alpha value is -0.950. The van der Waals surface area contributed by atoms with Crippen LogP contribution >= 0.6 is 35.9 Å². The number of rotatable bonds is 4. The van der Waals surface area contributed by atoms with Crippen molar-refractivity contribution in [3.8, 4) is 0 Å². The second kappa shape index (κ2) is 7.73. The van der Waals surface area contributed by atoms with E-state index in [1.54, 1.807) is 17.8 Å². The Morgan fingerprint density at radius 3 is 2.50 bits per heavy atom. The SMILES string of the molecule is CSc1ccc(/C=C2/SC(=O)N(CCN)C2=O)cc1.Cl. The van der Waals surface area contributed by atoms with Crippen molar-refractivity contribution in [1.29, 1.82) is 0 Å². The summed E-state index contributed by atoms with van der Waals surface area (Å²) in [6.07, 6.45) is 3.75. The summed E-state index contributed by atoms with van der Waals surface area (Å²) < 4.78 is 0. The minimum absolute atomic E-state index is 0. The van der Waals surface area contributed by atoms with Crippen LogP contribution in [0.2, 0.25) is 0 Å². The van der Waals surface area contributed by atoms with E-state index >= 15 is 0 Å². The fraction of sp³-hybridized carbons (Fsp3) is 0.231. The van der Waals surface area contributed by atoms with E-state index in [4.69, 9.17) is 5.73 Å². The lowest BCUT2D eigenvalue weighted by molar-refractivity contribution is -0.122. The molecular weight excluding hydrogens is 316 g/mol. The number of amides is 2. The van der Waals surface area contributed by atoms with Crippen LogP contribution < -0.4 is 5.73 Å². The maximum atomic E-state index is 12.0. The highest BCUT2D eigenvalue weighted by Gasteiger charge is 2.34. The predicted molar refractivity (Wildman–Crippen MR) is 87.2 cm³/mol. The number of benzene rings is 1. The van der Waals surface area contributed by atoms with Gasteiger partial charge in [0, 0.05) is 18.0 Å². The van der Waals surface area contributed by atoms with Crippen LogP contribution in [0.1, 0.15) is 5.56 Å². The molecule has 2 rings (SSSR count). The second-order valence-corrected chi connectivity index (χ2v) is 5.77. The van der Waals surface area contributed by atoms with Crippen LogP contribution in [0.4, 0.5) is 4.79 Å². The van der Waals surface area contributed by atoms with E-state index in [1.807, 2.05) is 30.5 Å². The van der Waals surface area contributed by atoms with Gasteiger partial charge >= 0.3 is 0 Å². The molecule has 2 amide bonds. The van der Waals surface area contributed by atoms with E-state index < -0.39 is 0 Å². The first-order valence-corrected chi connectivity index (χ1v) is 7.79. The van der Waals surface area contributed by atoms with Gasteiger partial charge in [-0.15, -0.1) is 24.2 Å². The fourth-order valence-corrected chi connectivity index (χ4v) is 2.95. The molecule has 4 nitrogen and oxygen atoms in total. The molecule has 1 aliphatic rings.